The molecule has 3 nitrogen and oxygen atoms in total. The highest BCUT2D eigenvalue weighted by Crippen LogP contribution is 2.47. The first-order chi connectivity index (χ1) is 8.97. The zero-order chi connectivity index (χ0) is 13.7. The van der Waals surface area contributed by atoms with Crippen LogP contribution in [0.4, 0.5) is 0 Å². The normalized spacial score (nSPS) is 43.6. The van der Waals surface area contributed by atoms with Gasteiger partial charge in [-0.05, 0) is 51.6 Å². The number of hydrogen-bond donors (Lipinski definition) is 1. The third-order valence-corrected chi connectivity index (χ3v) is 6.01. The van der Waals surface area contributed by atoms with Gasteiger partial charge in [-0.25, -0.2) is 0 Å². The highest BCUT2D eigenvalue weighted by molar-refractivity contribution is 5.08. The highest BCUT2D eigenvalue weighted by Gasteiger charge is 2.53. The Morgan fingerprint density at radius 1 is 1.21 bits per heavy atom. The van der Waals surface area contributed by atoms with Crippen LogP contribution in [-0.2, 0) is 4.74 Å². The lowest BCUT2D eigenvalue weighted by Gasteiger charge is -2.56. The van der Waals surface area contributed by atoms with Crippen LogP contribution in [0.3, 0.4) is 0 Å². The summed E-state index contributed by atoms with van der Waals surface area (Å²) in [6.07, 6.45) is 5.79. The maximum Gasteiger partial charge on any atom is 0.0652 e. The van der Waals surface area contributed by atoms with Crippen LogP contribution in [0, 0.1) is 11.3 Å². The minimum Gasteiger partial charge on any atom is -0.381 e. The topological polar surface area (TPSA) is 24.5 Å². The number of nitrogens with one attached hydrogen (secondary N) is 1. The molecule has 2 aliphatic carbocycles. The van der Waals surface area contributed by atoms with E-state index in [4.69, 9.17) is 4.74 Å². The fourth-order valence-corrected chi connectivity index (χ4v) is 4.36. The summed E-state index contributed by atoms with van der Waals surface area (Å²) in [4.78, 5) is 2.76. The molecule has 3 unspecified atom stereocenters. The van der Waals surface area contributed by atoms with E-state index in [2.05, 4.69) is 31.0 Å². The van der Waals surface area contributed by atoms with Gasteiger partial charge in [-0.1, -0.05) is 13.8 Å². The van der Waals surface area contributed by atoms with Crippen LogP contribution < -0.4 is 5.32 Å². The summed E-state index contributed by atoms with van der Waals surface area (Å²) in [6.45, 7) is 10.9. The van der Waals surface area contributed by atoms with Gasteiger partial charge < -0.3 is 10.1 Å². The summed E-state index contributed by atoms with van der Waals surface area (Å²) in [5, 5.41) is 3.83. The van der Waals surface area contributed by atoms with E-state index in [1.165, 1.54) is 45.3 Å². The SMILES string of the molecule is COC1CC(N2CCCNC(C)(C3CC3)C2)C1(C)C. The van der Waals surface area contributed by atoms with Crippen molar-refractivity contribution in [2.75, 3.05) is 26.7 Å². The Morgan fingerprint density at radius 2 is 1.95 bits per heavy atom. The Balaban J connectivity index is 1.70. The van der Waals surface area contributed by atoms with Gasteiger partial charge in [0.2, 0.25) is 0 Å². The minimum atomic E-state index is 0.309. The van der Waals surface area contributed by atoms with E-state index >= 15 is 0 Å². The Hall–Kier alpha value is -0.120. The van der Waals surface area contributed by atoms with Gasteiger partial charge in [-0.3, -0.25) is 4.90 Å². The number of nitrogens with zero attached hydrogens (tertiary/aromatic N) is 1. The second-order valence-electron chi connectivity index (χ2n) is 7.74. The summed E-state index contributed by atoms with van der Waals surface area (Å²) in [6, 6.07) is 0.704. The fourth-order valence-electron chi connectivity index (χ4n) is 4.36. The first kappa shape index (κ1) is 13.8. The molecule has 3 rings (SSSR count). The summed E-state index contributed by atoms with van der Waals surface area (Å²) in [7, 11) is 1.86. The molecule has 0 aromatic rings. The second kappa shape index (κ2) is 4.71. The number of methoxy groups -OCH3 is 1. The average molecular weight is 266 g/mol. The standard InChI is InChI=1S/C16H30N2O/c1-15(2)13(10-14(15)19-4)18-9-5-8-17-16(3,11-18)12-6-7-12/h12-14,17H,5-11H2,1-4H3. The molecular formula is C16H30N2O. The molecule has 1 N–H and O–H groups in total. The summed E-state index contributed by atoms with van der Waals surface area (Å²) in [5.74, 6) is 0.912. The third kappa shape index (κ3) is 2.34. The molecule has 3 aliphatic rings. The van der Waals surface area contributed by atoms with Crippen LogP contribution in [0.2, 0.25) is 0 Å². The molecule has 19 heavy (non-hydrogen) atoms. The fraction of sp³-hybridized carbons (Fsp3) is 1.00. The summed E-state index contributed by atoms with van der Waals surface area (Å²) in [5.41, 5.74) is 0.661. The Bertz CT molecular complexity index is 340. The van der Waals surface area contributed by atoms with Crippen LogP contribution in [0.25, 0.3) is 0 Å². The van der Waals surface area contributed by atoms with E-state index in [9.17, 15) is 0 Å². The van der Waals surface area contributed by atoms with Crippen molar-refractivity contribution in [2.45, 2.75) is 64.1 Å². The molecule has 2 saturated carbocycles. The Morgan fingerprint density at radius 3 is 2.53 bits per heavy atom. The van der Waals surface area contributed by atoms with Crippen LogP contribution in [-0.4, -0.2) is 49.3 Å². The minimum absolute atomic E-state index is 0.309. The lowest BCUT2D eigenvalue weighted by atomic mass is 9.63. The van der Waals surface area contributed by atoms with Gasteiger partial charge >= 0.3 is 0 Å². The molecule has 0 bridgehead atoms. The summed E-state index contributed by atoms with van der Waals surface area (Å²) < 4.78 is 5.62. The van der Waals surface area contributed by atoms with Gasteiger partial charge in [-0.15, -0.1) is 0 Å². The lowest BCUT2D eigenvalue weighted by molar-refractivity contribution is -0.140. The Kier molecular flexibility index (Phi) is 3.43. The number of ether oxygens (including phenoxy) is 1. The predicted octanol–water partition coefficient (Wildman–Crippen LogP) is 2.26. The summed E-state index contributed by atoms with van der Waals surface area (Å²) >= 11 is 0. The molecule has 1 saturated heterocycles. The monoisotopic (exact) mass is 266 g/mol. The number of rotatable bonds is 3. The van der Waals surface area contributed by atoms with Gasteiger partial charge in [0.1, 0.15) is 0 Å². The van der Waals surface area contributed by atoms with E-state index in [1.807, 2.05) is 7.11 Å². The maximum absolute atomic E-state index is 5.62. The molecule has 0 aromatic heterocycles. The molecule has 0 spiro atoms. The molecule has 110 valence electrons. The van der Waals surface area contributed by atoms with E-state index in [-0.39, 0.29) is 0 Å². The van der Waals surface area contributed by atoms with E-state index < -0.39 is 0 Å². The van der Waals surface area contributed by atoms with Crippen molar-refractivity contribution in [1.29, 1.82) is 0 Å². The van der Waals surface area contributed by atoms with Crippen LogP contribution in [0.5, 0.6) is 0 Å². The van der Waals surface area contributed by atoms with Gasteiger partial charge in [0.25, 0.3) is 0 Å². The van der Waals surface area contributed by atoms with Gasteiger partial charge in [0, 0.05) is 30.7 Å². The van der Waals surface area contributed by atoms with Crippen LogP contribution in [0.1, 0.15) is 46.5 Å². The molecule has 3 fully saturated rings. The largest absolute Gasteiger partial charge is 0.381 e. The van der Waals surface area contributed by atoms with E-state index in [1.54, 1.807) is 0 Å². The first-order valence-electron chi connectivity index (χ1n) is 7.99. The Labute approximate surface area is 118 Å². The maximum atomic E-state index is 5.62. The van der Waals surface area contributed by atoms with Crippen molar-refractivity contribution in [3.8, 4) is 0 Å². The smallest absolute Gasteiger partial charge is 0.0652 e. The lowest BCUT2D eigenvalue weighted by Crippen LogP contribution is -2.64. The second-order valence-corrected chi connectivity index (χ2v) is 7.74. The van der Waals surface area contributed by atoms with Crippen molar-refractivity contribution < 1.29 is 4.74 Å². The average Bonchev–Trinajstić information content (AvgIpc) is 3.16. The molecule has 3 heteroatoms. The van der Waals surface area contributed by atoms with E-state index in [0.29, 0.717) is 23.1 Å². The van der Waals surface area contributed by atoms with Gasteiger partial charge in [0.05, 0.1) is 6.10 Å². The number of hydrogen-bond acceptors (Lipinski definition) is 3. The molecule has 3 atom stereocenters. The van der Waals surface area contributed by atoms with Crippen molar-refractivity contribution in [2.24, 2.45) is 11.3 Å². The van der Waals surface area contributed by atoms with Crippen molar-refractivity contribution >= 4 is 0 Å². The quantitative estimate of drug-likeness (QED) is 0.848. The molecular weight excluding hydrogens is 236 g/mol. The molecule has 0 amide bonds. The van der Waals surface area contributed by atoms with Gasteiger partial charge in [-0.2, -0.15) is 0 Å². The van der Waals surface area contributed by atoms with Crippen molar-refractivity contribution in [1.82, 2.24) is 10.2 Å². The molecule has 0 aromatic carbocycles. The van der Waals surface area contributed by atoms with Gasteiger partial charge in [0.15, 0.2) is 0 Å². The molecule has 1 aliphatic heterocycles. The first-order valence-corrected chi connectivity index (χ1v) is 7.99. The predicted molar refractivity (Wildman–Crippen MR) is 78.3 cm³/mol. The van der Waals surface area contributed by atoms with Crippen molar-refractivity contribution in [3.05, 3.63) is 0 Å². The molecule has 1 heterocycles. The zero-order valence-corrected chi connectivity index (χ0v) is 13.0. The highest BCUT2D eigenvalue weighted by atomic mass is 16.5. The third-order valence-electron chi connectivity index (χ3n) is 6.01. The van der Waals surface area contributed by atoms with Crippen LogP contribution in [0.15, 0.2) is 0 Å². The molecule has 0 radical (unpaired) electrons. The zero-order valence-electron chi connectivity index (χ0n) is 13.0. The van der Waals surface area contributed by atoms with Crippen molar-refractivity contribution in [3.63, 3.8) is 0 Å². The van der Waals surface area contributed by atoms with Crippen LogP contribution >= 0.6 is 0 Å². The van der Waals surface area contributed by atoms with E-state index in [0.717, 1.165) is 5.92 Å².